The van der Waals surface area contributed by atoms with Gasteiger partial charge in [-0.1, -0.05) is 18.7 Å². The van der Waals surface area contributed by atoms with Crippen molar-refractivity contribution in [2.75, 3.05) is 17.8 Å². The first-order valence-corrected chi connectivity index (χ1v) is 7.86. The molecule has 6 heteroatoms. The van der Waals surface area contributed by atoms with E-state index >= 15 is 0 Å². The second-order valence-corrected chi connectivity index (χ2v) is 5.45. The van der Waals surface area contributed by atoms with Crippen LogP contribution in [-0.4, -0.2) is 37.6 Å². The molecule has 0 radical (unpaired) electrons. The van der Waals surface area contributed by atoms with E-state index in [2.05, 4.69) is 23.4 Å². The second-order valence-electron chi connectivity index (χ2n) is 3.40. The van der Waals surface area contributed by atoms with Crippen LogP contribution < -0.4 is 0 Å². The number of aliphatic hydroxyl groups is 1. The van der Waals surface area contributed by atoms with Crippen molar-refractivity contribution in [2.45, 2.75) is 38.1 Å². The molecule has 0 saturated carbocycles. The molecule has 1 heterocycles. The molecule has 1 aromatic rings. The lowest BCUT2D eigenvalue weighted by Gasteiger charge is -2.06. The number of aromatic nitrogens is 3. The highest BCUT2D eigenvalue weighted by molar-refractivity contribution is 7.99. The number of aliphatic hydroxyl groups excluding tert-OH is 1. The Kier molecular flexibility index (Phi) is 6.91. The summed E-state index contributed by atoms with van der Waals surface area (Å²) in [6, 6.07) is 0. The Hall–Kier alpha value is -0.200. The Morgan fingerprint density at radius 1 is 1.31 bits per heavy atom. The molecule has 0 aliphatic rings. The van der Waals surface area contributed by atoms with Gasteiger partial charge in [0.25, 0.3) is 0 Å². The van der Waals surface area contributed by atoms with Crippen LogP contribution in [-0.2, 0) is 13.2 Å². The first-order valence-electron chi connectivity index (χ1n) is 5.48. The van der Waals surface area contributed by atoms with E-state index in [1.165, 1.54) is 12.2 Å². The standard InChI is InChI=1S/C10H19N3OS2/c1-3-5-13-9(8-14)11-12-10(13)16-7-4-6-15-2/h14H,3-8H2,1-2H3. The van der Waals surface area contributed by atoms with Gasteiger partial charge in [-0.25, -0.2) is 0 Å². The molecular weight excluding hydrogens is 242 g/mol. The first-order chi connectivity index (χ1) is 7.83. The molecule has 0 amide bonds. The van der Waals surface area contributed by atoms with Crippen LogP contribution in [0.25, 0.3) is 0 Å². The van der Waals surface area contributed by atoms with E-state index in [-0.39, 0.29) is 6.61 Å². The number of thioether (sulfide) groups is 2. The average Bonchev–Trinajstić information content (AvgIpc) is 2.68. The topological polar surface area (TPSA) is 50.9 Å². The van der Waals surface area contributed by atoms with Crippen molar-refractivity contribution in [3.8, 4) is 0 Å². The van der Waals surface area contributed by atoms with Crippen molar-refractivity contribution < 1.29 is 5.11 Å². The Labute approximate surface area is 105 Å². The third-order valence-electron chi connectivity index (χ3n) is 2.11. The van der Waals surface area contributed by atoms with Gasteiger partial charge in [-0.2, -0.15) is 11.8 Å². The minimum absolute atomic E-state index is 0.0294. The van der Waals surface area contributed by atoms with Crippen molar-refractivity contribution in [3.05, 3.63) is 5.82 Å². The highest BCUT2D eigenvalue weighted by Crippen LogP contribution is 2.19. The molecule has 0 aliphatic carbocycles. The quantitative estimate of drug-likeness (QED) is 0.573. The summed E-state index contributed by atoms with van der Waals surface area (Å²) in [6.45, 7) is 2.97. The van der Waals surface area contributed by atoms with Gasteiger partial charge >= 0.3 is 0 Å². The fourth-order valence-electron chi connectivity index (χ4n) is 1.36. The van der Waals surface area contributed by atoms with E-state index in [1.807, 2.05) is 16.3 Å². The van der Waals surface area contributed by atoms with Gasteiger partial charge in [0.05, 0.1) is 0 Å². The van der Waals surface area contributed by atoms with Crippen molar-refractivity contribution in [2.24, 2.45) is 0 Å². The van der Waals surface area contributed by atoms with E-state index in [0.717, 1.165) is 23.9 Å². The Morgan fingerprint density at radius 2 is 2.12 bits per heavy atom. The smallest absolute Gasteiger partial charge is 0.191 e. The van der Waals surface area contributed by atoms with Gasteiger partial charge in [-0.3, -0.25) is 0 Å². The van der Waals surface area contributed by atoms with Gasteiger partial charge in [-0.15, -0.1) is 10.2 Å². The molecule has 0 saturated heterocycles. The highest BCUT2D eigenvalue weighted by atomic mass is 32.2. The zero-order valence-electron chi connectivity index (χ0n) is 9.85. The molecule has 0 aromatic carbocycles. The number of hydrogen-bond acceptors (Lipinski definition) is 5. The first kappa shape index (κ1) is 13.9. The lowest BCUT2D eigenvalue weighted by atomic mass is 10.4. The van der Waals surface area contributed by atoms with E-state index in [0.29, 0.717) is 5.82 Å². The largest absolute Gasteiger partial charge is 0.388 e. The average molecular weight is 261 g/mol. The summed E-state index contributed by atoms with van der Waals surface area (Å²) < 4.78 is 2.02. The van der Waals surface area contributed by atoms with Crippen molar-refractivity contribution >= 4 is 23.5 Å². The summed E-state index contributed by atoms with van der Waals surface area (Å²) in [4.78, 5) is 0. The van der Waals surface area contributed by atoms with E-state index in [9.17, 15) is 0 Å². The van der Waals surface area contributed by atoms with Crippen LogP contribution in [0.5, 0.6) is 0 Å². The highest BCUT2D eigenvalue weighted by Gasteiger charge is 2.10. The van der Waals surface area contributed by atoms with Gasteiger partial charge in [0.1, 0.15) is 6.61 Å². The zero-order chi connectivity index (χ0) is 11.8. The Balaban J connectivity index is 2.53. The molecule has 0 bridgehead atoms. The van der Waals surface area contributed by atoms with Crippen LogP contribution in [0, 0.1) is 0 Å². The summed E-state index contributed by atoms with van der Waals surface area (Å²) in [7, 11) is 0. The predicted octanol–water partition coefficient (Wildman–Crippen LogP) is 2.03. The van der Waals surface area contributed by atoms with Gasteiger partial charge in [-0.05, 0) is 24.9 Å². The Morgan fingerprint density at radius 3 is 2.75 bits per heavy atom. The van der Waals surface area contributed by atoms with Crippen LogP contribution in [0.4, 0.5) is 0 Å². The minimum Gasteiger partial charge on any atom is -0.388 e. The summed E-state index contributed by atoms with van der Waals surface area (Å²) in [5.41, 5.74) is 0. The molecule has 0 spiro atoms. The molecule has 92 valence electrons. The van der Waals surface area contributed by atoms with Crippen molar-refractivity contribution in [3.63, 3.8) is 0 Å². The number of nitrogens with zero attached hydrogens (tertiary/aromatic N) is 3. The molecule has 0 atom stereocenters. The fraction of sp³-hybridized carbons (Fsp3) is 0.800. The summed E-state index contributed by atoms with van der Waals surface area (Å²) >= 11 is 3.59. The molecule has 1 rings (SSSR count). The van der Waals surface area contributed by atoms with E-state index in [4.69, 9.17) is 5.11 Å². The van der Waals surface area contributed by atoms with Gasteiger partial charge in [0.2, 0.25) is 0 Å². The number of rotatable bonds is 8. The summed E-state index contributed by atoms with van der Waals surface area (Å²) in [6.07, 6.45) is 4.33. The van der Waals surface area contributed by atoms with Crippen molar-refractivity contribution in [1.29, 1.82) is 0 Å². The molecule has 0 fully saturated rings. The third kappa shape index (κ3) is 3.99. The van der Waals surface area contributed by atoms with Gasteiger partial charge < -0.3 is 9.67 Å². The van der Waals surface area contributed by atoms with Crippen LogP contribution >= 0.6 is 23.5 Å². The molecule has 1 N–H and O–H groups in total. The van der Waals surface area contributed by atoms with E-state index in [1.54, 1.807) is 11.8 Å². The fourth-order valence-corrected chi connectivity index (χ4v) is 2.90. The second kappa shape index (κ2) is 7.97. The Bertz CT molecular complexity index is 304. The van der Waals surface area contributed by atoms with Gasteiger partial charge in [0, 0.05) is 12.3 Å². The molecule has 16 heavy (non-hydrogen) atoms. The maximum atomic E-state index is 9.13. The van der Waals surface area contributed by atoms with Crippen LogP contribution in [0.1, 0.15) is 25.6 Å². The predicted molar refractivity (Wildman–Crippen MR) is 70.0 cm³/mol. The summed E-state index contributed by atoms with van der Waals surface area (Å²) in [5, 5.41) is 18.2. The lowest BCUT2D eigenvalue weighted by Crippen LogP contribution is -2.05. The summed E-state index contributed by atoms with van der Waals surface area (Å²) in [5.74, 6) is 2.92. The van der Waals surface area contributed by atoms with Crippen molar-refractivity contribution in [1.82, 2.24) is 14.8 Å². The SMILES string of the molecule is CCCn1c(CO)nnc1SCCCSC. The maximum Gasteiger partial charge on any atom is 0.191 e. The van der Waals surface area contributed by atoms with Crippen LogP contribution in [0.2, 0.25) is 0 Å². The minimum atomic E-state index is -0.0294. The maximum absolute atomic E-state index is 9.13. The van der Waals surface area contributed by atoms with Crippen LogP contribution in [0.15, 0.2) is 5.16 Å². The molecule has 0 unspecified atom stereocenters. The lowest BCUT2D eigenvalue weighted by molar-refractivity contribution is 0.263. The monoisotopic (exact) mass is 261 g/mol. The molecule has 0 aliphatic heterocycles. The normalized spacial score (nSPS) is 10.9. The molecular formula is C10H19N3OS2. The van der Waals surface area contributed by atoms with Gasteiger partial charge in [0.15, 0.2) is 11.0 Å². The zero-order valence-corrected chi connectivity index (χ0v) is 11.5. The number of hydrogen-bond donors (Lipinski definition) is 1. The van der Waals surface area contributed by atoms with Crippen LogP contribution in [0.3, 0.4) is 0 Å². The molecule has 4 nitrogen and oxygen atoms in total. The van der Waals surface area contributed by atoms with E-state index < -0.39 is 0 Å². The third-order valence-corrected chi connectivity index (χ3v) is 3.86. The molecule has 1 aromatic heterocycles.